The van der Waals surface area contributed by atoms with Crippen molar-refractivity contribution >= 4 is 33.2 Å². The van der Waals surface area contributed by atoms with E-state index in [0.29, 0.717) is 22.2 Å². The molecule has 0 aliphatic rings. The number of benzene rings is 3. The third kappa shape index (κ3) is 6.65. The van der Waals surface area contributed by atoms with Gasteiger partial charge in [-0.25, -0.2) is 8.42 Å². The van der Waals surface area contributed by atoms with Crippen molar-refractivity contribution in [3.63, 3.8) is 0 Å². The van der Waals surface area contributed by atoms with Crippen LogP contribution < -0.4 is 19.1 Å². The Morgan fingerprint density at radius 2 is 1.68 bits per heavy atom. The number of aryl methyl sites for hydroxylation is 1. The van der Waals surface area contributed by atoms with E-state index in [-0.39, 0.29) is 17.5 Å². The molecule has 0 aliphatic carbocycles. The first-order valence-corrected chi connectivity index (χ1v) is 12.4. The normalized spacial score (nSPS) is 12.0. The van der Waals surface area contributed by atoms with Gasteiger partial charge in [0.25, 0.3) is 10.0 Å². The highest BCUT2D eigenvalue weighted by atomic mass is 35.5. The number of nitrogens with zero attached hydrogens (tertiary/aromatic N) is 1. The van der Waals surface area contributed by atoms with Crippen LogP contribution in [0, 0.1) is 6.92 Å². The monoisotopic (exact) mass is 502 g/mol. The molecule has 0 heterocycles. The lowest BCUT2D eigenvalue weighted by atomic mass is 10.2. The fourth-order valence-corrected chi connectivity index (χ4v) is 4.77. The highest BCUT2D eigenvalue weighted by Crippen LogP contribution is 2.26. The standard InChI is InChI=1S/C25H27ClN2O5S/c1-18-7-13-24(14-8-18)34(30,31)28(21-6-4-5-20(26)15-21)16-25(29)27-19(2)17-33-23-11-9-22(32-3)10-12-23/h4-15,19H,16-17H2,1-3H3,(H,27,29). The summed E-state index contributed by atoms with van der Waals surface area (Å²) in [6.45, 7) is 3.44. The van der Waals surface area contributed by atoms with Crippen molar-refractivity contribution in [1.82, 2.24) is 5.32 Å². The number of ether oxygens (including phenoxy) is 2. The van der Waals surface area contributed by atoms with E-state index in [1.165, 1.54) is 18.2 Å². The summed E-state index contributed by atoms with van der Waals surface area (Å²) in [5.74, 6) is 0.871. The van der Waals surface area contributed by atoms with Crippen LogP contribution in [0.1, 0.15) is 12.5 Å². The maximum atomic E-state index is 13.4. The van der Waals surface area contributed by atoms with Crippen LogP contribution in [0.25, 0.3) is 0 Å². The fourth-order valence-electron chi connectivity index (χ4n) is 3.17. The van der Waals surface area contributed by atoms with E-state index < -0.39 is 22.5 Å². The Labute approximate surface area is 205 Å². The number of hydrogen-bond acceptors (Lipinski definition) is 5. The molecule has 0 spiro atoms. The van der Waals surface area contributed by atoms with Crippen LogP contribution in [-0.2, 0) is 14.8 Å². The number of rotatable bonds is 10. The Bertz CT molecular complexity index is 1210. The molecule has 0 saturated heterocycles. The maximum Gasteiger partial charge on any atom is 0.264 e. The number of carbonyl (C=O) groups is 1. The number of nitrogens with one attached hydrogen (secondary N) is 1. The van der Waals surface area contributed by atoms with Crippen LogP contribution in [0.15, 0.2) is 77.7 Å². The minimum absolute atomic E-state index is 0.0850. The predicted octanol–water partition coefficient (Wildman–Crippen LogP) is 4.44. The van der Waals surface area contributed by atoms with Crippen LogP contribution in [0.5, 0.6) is 11.5 Å². The average Bonchev–Trinajstić information content (AvgIpc) is 2.81. The van der Waals surface area contributed by atoms with E-state index >= 15 is 0 Å². The average molecular weight is 503 g/mol. The van der Waals surface area contributed by atoms with Gasteiger partial charge in [0, 0.05) is 5.02 Å². The molecule has 1 atom stereocenters. The first-order chi connectivity index (χ1) is 16.2. The molecule has 1 unspecified atom stereocenters. The Balaban J connectivity index is 1.72. The lowest BCUT2D eigenvalue weighted by molar-refractivity contribution is -0.120. The quantitative estimate of drug-likeness (QED) is 0.443. The minimum Gasteiger partial charge on any atom is -0.497 e. The van der Waals surface area contributed by atoms with Gasteiger partial charge in [0.1, 0.15) is 24.7 Å². The number of methoxy groups -OCH3 is 1. The molecule has 0 bridgehead atoms. The summed E-state index contributed by atoms with van der Waals surface area (Å²) < 4.78 is 38.7. The molecule has 1 N–H and O–H groups in total. The maximum absolute atomic E-state index is 13.4. The van der Waals surface area contributed by atoms with Crippen LogP contribution in [0.3, 0.4) is 0 Å². The van der Waals surface area contributed by atoms with Gasteiger partial charge in [-0.3, -0.25) is 9.10 Å². The molecule has 3 aromatic rings. The molecule has 7 nitrogen and oxygen atoms in total. The van der Waals surface area contributed by atoms with Crippen LogP contribution >= 0.6 is 11.6 Å². The molecule has 0 radical (unpaired) electrons. The highest BCUT2D eigenvalue weighted by molar-refractivity contribution is 7.92. The number of hydrogen-bond donors (Lipinski definition) is 1. The smallest absolute Gasteiger partial charge is 0.264 e. The molecular formula is C25H27ClN2O5S. The topological polar surface area (TPSA) is 84.9 Å². The van der Waals surface area contributed by atoms with Crippen molar-refractivity contribution < 1.29 is 22.7 Å². The van der Waals surface area contributed by atoms with E-state index in [0.717, 1.165) is 9.87 Å². The van der Waals surface area contributed by atoms with Crippen molar-refractivity contribution in [2.24, 2.45) is 0 Å². The lowest BCUT2D eigenvalue weighted by Crippen LogP contribution is -2.45. The summed E-state index contributed by atoms with van der Waals surface area (Å²) in [7, 11) is -2.43. The molecule has 34 heavy (non-hydrogen) atoms. The van der Waals surface area contributed by atoms with E-state index in [1.54, 1.807) is 68.6 Å². The fraction of sp³-hybridized carbons (Fsp3) is 0.240. The van der Waals surface area contributed by atoms with Gasteiger partial charge in [0.05, 0.1) is 23.7 Å². The summed E-state index contributed by atoms with van der Waals surface area (Å²) >= 11 is 6.10. The summed E-state index contributed by atoms with van der Waals surface area (Å²) in [5, 5.41) is 3.16. The van der Waals surface area contributed by atoms with Crippen LogP contribution in [0.2, 0.25) is 5.02 Å². The molecular weight excluding hydrogens is 476 g/mol. The molecule has 9 heteroatoms. The zero-order valence-electron chi connectivity index (χ0n) is 19.2. The van der Waals surface area contributed by atoms with Gasteiger partial charge in [-0.15, -0.1) is 0 Å². The summed E-state index contributed by atoms with van der Waals surface area (Å²) in [6.07, 6.45) is 0. The Morgan fingerprint density at radius 1 is 1.03 bits per heavy atom. The molecule has 0 fully saturated rings. The van der Waals surface area contributed by atoms with Crippen molar-refractivity contribution in [3.05, 3.63) is 83.4 Å². The van der Waals surface area contributed by atoms with Gasteiger partial charge < -0.3 is 14.8 Å². The Kier molecular flexibility index (Phi) is 8.41. The third-order valence-electron chi connectivity index (χ3n) is 4.96. The number of carbonyl (C=O) groups excluding carboxylic acids is 1. The zero-order chi connectivity index (χ0) is 24.7. The third-order valence-corrected chi connectivity index (χ3v) is 6.98. The van der Waals surface area contributed by atoms with Gasteiger partial charge in [0.2, 0.25) is 5.91 Å². The number of amides is 1. The molecule has 0 aromatic heterocycles. The first kappa shape index (κ1) is 25.4. The second kappa shape index (κ2) is 11.3. The van der Waals surface area contributed by atoms with Crippen molar-refractivity contribution in [3.8, 4) is 11.5 Å². The van der Waals surface area contributed by atoms with Crippen LogP contribution in [-0.4, -0.2) is 40.6 Å². The summed E-state index contributed by atoms with van der Waals surface area (Å²) in [6, 6.07) is 19.6. The van der Waals surface area contributed by atoms with Gasteiger partial charge >= 0.3 is 0 Å². The molecule has 0 aliphatic heterocycles. The van der Waals surface area contributed by atoms with Crippen LogP contribution in [0.4, 0.5) is 5.69 Å². The van der Waals surface area contributed by atoms with E-state index in [4.69, 9.17) is 21.1 Å². The summed E-state index contributed by atoms with van der Waals surface area (Å²) in [4.78, 5) is 12.9. The number of anilines is 1. The molecule has 180 valence electrons. The van der Waals surface area contributed by atoms with Crippen molar-refractivity contribution in [2.75, 3.05) is 24.6 Å². The predicted molar refractivity (Wildman–Crippen MR) is 133 cm³/mol. The van der Waals surface area contributed by atoms with E-state index in [1.807, 2.05) is 6.92 Å². The SMILES string of the molecule is COc1ccc(OCC(C)NC(=O)CN(c2cccc(Cl)c2)S(=O)(=O)c2ccc(C)cc2)cc1. The second-order valence-electron chi connectivity index (χ2n) is 7.76. The second-order valence-corrected chi connectivity index (χ2v) is 10.1. The van der Waals surface area contributed by atoms with Gasteiger partial charge in [-0.1, -0.05) is 35.4 Å². The van der Waals surface area contributed by atoms with E-state index in [9.17, 15) is 13.2 Å². The Hall–Kier alpha value is -3.23. The number of sulfonamides is 1. The van der Waals surface area contributed by atoms with Crippen molar-refractivity contribution in [1.29, 1.82) is 0 Å². The van der Waals surface area contributed by atoms with Gasteiger partial charge in [0.15, 0.2) is 0 Å². The molecule has 3 rings (SSSR count). The highest BCUT2D eigenvalue weighted by Gasteiger charge is 2.27. The lowest BCUT2D eigenvalue weighted by Gasteiger charge is -2.25. The minimum atomic E-state index is -4.01. The van der Waals surface area contributed by atoms with E-state index in [2.05, 4.69) is 5.32 Å². The Morgan fingerprint density at radius 3 is 2.29 bits per heavy atom. The first-order valence-electron chi connectivity index (χ1n) is 10.6. The van der Waals surface area contributed by atoms with Gasteiger partial charge in [-0.2, -0.15) is 0 Å². The largest absolute Gasteiger partial charge is 0.497 e. The summed E-state index contributed by atoms with van der Waals surface area (Å²) in [5.41, 5.74) is 1.22. The van der Waals surface area contributed by atoms with Gasteiger partial charge in [-0.05, 0) is 68.4 Å². The molecule has 0 saturated carbocycles. The van der Waals surface area contributed by atoms with Crippen molar-refractivity contribution in [2.45, 2.75) is 24.8 Å². The molecule has 3 aromatic carbocycles. The zero-order valence-corrected chi connectivity index (χ0v) is 20.8. The number of halogens is 1. The molecule has 1 amide bonds.